The van der Waals surface area contributed by atoms with Crippen molar-refractivity contribution in [3.8, 4) is 0 Å². The topological polar surface area (TPSA) is 17.1 Å². The number of thioether (sulfide) groups is 2. The lowest BCUT2D eigenvalue weighted by Gasteiger charge is -2.19. The normalized spacial score (nSPS) is 18.9. The average molecular weight is 370 g/mol. The summed E-state index contributed by atoms with van der Waals surface area (Å²) in [5.41, 5.74) is 0. The molecule has 0 radical (unpaired) electrons. The minimum Gasteiger partial charge on any atom is -0.286 e. The molecule has 2 aromatic rings. The maximum Gasteiger partial charge on any atom is 0.377 e. The van der Waals surface area contributed by atoms with Gasteiger partial charge in [0, 0.05) is 9.79 Å². The van der Waals surface area contributed by atoms with Crippen molar-refractivity contribution in [1.82, 2.24) is 0 Å². The molecule has 0 saturated heterocycles. The average Bonchev–Trinajstić information content (AvgIpc) is 2.69. The molecule has 0 amide bonds. The number of hydrogen-bond donors (Lipinski definition) is 0. The van der Waals surface area contributed by atoms with Gasteiger partial charge in [0.2, 0.25) is 5.78 Å². The molecule has 0 fully saturated rings. The second kappa shape index (κ2) is 6.29. The van der Waals surface area contributed by atoms with Gasteiger partial charge in [-0.05, 0) is 24.3 Å². The molecule has 2 aromatic carbocycles. The van der Waals surface area contributed by atoms with E-state index >= 15 is 0 Å². The van der Waals surface area contributed by atoms with Crippen LogP contribution in [-0.4, -0.2) is 17.6 Å². The van der Waals surface area contributed by atoms with E-state index in [9.17, 15) is 22.4 Å². The fourth-order valence-corrected chi connectivity index (χ4v) is 4.28. The maximum absolute atomic E-state index is 14.2. The Kier molecular flexibility index (Phi) is 4.48. The summed E-state index contributed by atoms with van der Waals surface area (Å²) in [5, 5.41) is 0. The second-order valence-electron chi connectivity index (χ2n) is 4.97. The highest BCUT2D eigenvalue weighted by Crippen LogP contribution is 2.57. The van der Waals surface area contributed by atoms with E-state index in [1.54, 1.807) is 48.5 Å². The fraction of sp³-hybridized carbons (Fsp3) is 0.118. The highest BCUT2D eigenvalue weighted by molar-refractivity contribution is 8.07. The first-order chi connectivity index (χ1) is 11.3. The molecule has 124 valence electrons. The lowest BCUT2D eigenvalue weighted by Crippen LogP contribution is -2.42. The van der Waals surface area contributed by atoms with Gasteiger partial charge in [-0.25, -0.2) is 0 Å². The maximum atomic E-state index is 14.2. The lowest BCUT2D eigenvalue weighted by molar-refractivity contribution is -0.180. The second-order valence-corrected chi connectivity index (χ2v) is 7.13. The van der Waals surface area contributed by atoms with Crippen LogP contribution < -0.4 is 0 Å². The predicted octanol–water partition coefficient (Wildman–Crippen LogP) is 5.64. The molecule has 1 aliphatic rings. The third-order valence-corrected chi connectivity index (χ3v) is 5.71. The Morgan fingerprint density at radius 2 is 1.12 bits per heavy atom. The van der Waals surface area contributed by atoms with Gasteiger partial charge in [-0.1, -0.05) is 59.9 Å². The summed E-state index contributed by atoms with van der Waals surface area (Å²) in [7, 11) is 0. The highest BCUT2D eigenvalue weighted by atomic mass is 32.2. The van der Waals surface area contributed by atoms with Crippen LogP contribution in [0.3, 0.4) is 0 Å². The Labute approximate surface area is 144 Å². The van der Waals surface area contributed by atoms with Crippen molar-refractivity contribution in [2.75, 3.05) is 0 Å². The van der Waals surface area contributed by atoms with Crippen molar-refractivity contribution < 1.29 is 22.4 Å². The van der Waals surface area contributed by atoms with E-state index in [2.05, 4.69) is 0 Å². The summed E-state index contributed by atoms with van der Waals surface area (Å²) >= 11 is 1.14. The van der Waals surface area contributed by atoms with Crippen molar-refractivity contribution >= 4 is 29.3 Å². The molecule has 0 aliphatic heterocycles. The summed E-state index contributed by atoms with van der Waals surface area (Å²) in [4.78, 5) is 11.2. The first-order valence-electron chi connectivity index (χ1n) is 6.85. The van der Waals surface area contributed by atoms with Crippen molar-refractivity contribution in [2.24, 2.45) is 0 Å². The quantitative estimate of drug-likeness (QED) is 0.649. The molecule has 24 heavy (non-hydrogen) atoms. The van der Waals surface area contributed by atoms with Crippen LogP contribution in [0.5, 0.6) is 0 Å². The number of carbonyl (C=O) groups excluding carboxylic acids is 1. The third-order valence-electron chi connectivity index (χ3n) is 3.30. The molecule has 1 nitrogen and oxygen atoms in total. The van der Waals surface area contributed by atoms with Gasteiger partial charge in [0.15, 0.2) is 0 Å². The van der Waals surface area contributed by atoms with E-state index in [0.29, 0.717) is 33.3 Å². The van der Waals surface area contributed by atoms with Crippen LogP contribution in [0.2, 0.25) is 0 Å². The number of rotatable bonds is 4. The molecule has 7 heteroatoms. The Morgan fingerprint density at radius 3 is 1.62 bits per heavy atom. The SMILES string of the molecule is O=C1C(Sc2ccccc2)=C(Sc2ccccc2)C(F)(F)C1(F)F. The summed E-state index contributed by atoms with van der Waals surface area (Å²) in [6, 6.07) is 16.1. The molecule has 1 aliphatic carbocycles. The van der Waals surface area contributed by atoms with E-state index < -0.39 is 27.4 Å². The molecular formula is C17H10F4OS2. The van der Waals surface area contributed by atoms with Crippen LogP contribution in [0.25, 0.3) is 0 Å². The molecular weight excluding hydrogens is 360 g/mol. The van der Waals surface area contributed by atoms with Crippen molar-refractivity contribution in [2.45, 2.75) is 21.6 Å². The van der Waals surface area contributed by atoms with E-state index in [4.69, 9.17) is 0 Å². The van der Waals surface area contributed by atoms with E-state index in [-0.39, 0.29) is 0 Å². The smallest absolute Gasteiger partial charge is 0.286 e. The van der Waals surface area contributed by atoms with Crippen LogP contribution in [0.15, 0.2) is 80.3 Å². The van der Waals surface area contributed by atoms with Crippen LogP contribution in [0.1, 0.15) is 0 Å². The molecule has 0 atom stereocenters. The largest absolute Gasteiger partial charge is 0.377 e. The number of benzene rings is 2. The van der Waals surface area contributed by atoms with Gasteiger partial charge in [0.1, 0.15) is 0 Å². The van der Waals surface area contributed by atoms with Gasteiger partial charge < -0.3 is 0 Å². The van der Waals surface area contributed by atoms with Crippen LogP contribution in [-0.2, 0) is 4.79 Å². The zero-order valence-electron chi connectivity index (χ0n) is 12.0. The molecule has 0 bridgehead atoms. The van der Waals surface area contributed by atoms with E-state index in [1.807, 2.05) is 0 Å². The Balaban J connectivity index is 2.06. The molecule has 3 rings (SSSR count). The van der Waals surface area contributed by atoms with Crippen LogP contribution in [0.4, 0.5) is 17.6 Å². The summed E-state index contributed by atoms with van der Waals surface area (Å²) < 4.78 is 56.1. The van der Waals surface area contributed by atoms with Crippen LogP contribution >= 0.6 is 23.5 Å². The molecule has 0 saturated carbocycles. The molecule has 0 unspecified atom stereocenters. The number of alkyl halides is 4. The number of Topliss-reactive ketones (excluding diaryl/α,β-unsaturated/α-hetero) is 1. The van der Waals surface area contributed by atoms with E-state index in [1.165, 1.54) is 12.1 Å². The standard InChI is InChI=1S/C17H10F4OS2/c18-16(19)14(22)13(23-11-7-3-1-4-8-11)15(17(16,20)21)24-12-9-5-2-6-10-12/h1-10H. The molecule has 0 spiro atoms. The van der Waals surface area contributed by atoms with Crippen LogP contribution in [0, 0.1) is 0 Å². The minimum atomic E-state index is -4.73. The zero-order valence-corrected chi connectivity index (χ0v) is 13.6. The first kappa shape index (κ1) is 17.1. The van der Waals surface area contributed by atoms with Gasteiger partial charge in [0.05, 0.1) is 9.81 Å². The van der Waals surface area contributed by atoms with Gasteiger partial charge in [-0.15, -0.1) is 0 Å². The first-order valence-corrected chi connectivity index (χ1v) is 8.48. The monoisotopic (exact) mass is 370 g/mol. The lowest BCUT2D eigenvalue weighted by atomic mass is 10.2. The summed E-state index contributed by atoms with van der Waals surface area (Å²) in [6.07, 6.45) is 0. The van der Waals surface area contributed by atoms with Crippen molar-refractivity contribution in [1.29, 1.82) is 0 Å². The number of carbonyl (C=O) groups is 1. The number of ketones is 1. The third kappa shape index (κ3) is 2.86. The summed E-state index contributed by atoms with van der Waals surface area (Å²) in [6.45, 7) is 0. The number of halogens is 4. The Morgan fingerprint density at radius 1 is 0.667 bits per heavy atom. The number of hydrogen-bond acceptors (Lipinski definition) is 3. The number of allylic oxidation sites excluding steroid dienone is 2. The summed E-state index contributed by atoms with van der Waals surface area (Å²) in [5.74, 6) is -11.1. The van der Waals surface area contributed by atoms with Crippen molar-refractivity contribution in [3.05, 3.63) is 70.5 Å². The molecule has 0 N–H and O–H groups in total. The van der Waals surface area contributed by atoms with Gasteiger partial charge in [0.25, 0.3) is 0 Å². The molecule has 0 heterocycles. The zero-order chi connectivity index (χ0) is 17.4. The van der Waals surface area contributed by atoms with Crippen molar-refractivity contribution in [3.63, 3.8) is 0 Å². The Bertz CT molecular complexity index is 789. The van der Waals surface area contributed by atoms with Gasteiger partial charge in [-0.2, -0.15) is 17.6 Å². The minimum absolute atomic E-state index is 0.365. The van der Waals surface area contributed by atoms with Gasteiger partial charge >= 0.3 is 11.8 Å². The molecule has 0 aromatic heterocycles. The predicted molar refractivity (Wildman–Crippen MR) is 86.5 cm³/mol. The van der Waals surface area contributed by atoms with E-state index in [0.717, 1.165) is 0 Å². The highest BCUT2D eigenvalue weighted by Gasteiger charge is 2.70. The fourth-order valence-electron chi connectivity index (χ4n) is 2.09. The Hall–Kier alpha value is -1.73. The van der Waals surface area contributed by atoms with Gasteiger partial charge in [-0.3, -0.25) is 4.79 Å².